The summed E-state index contributed by atoms with van der Waals surface area (Å²) < 4.78 is 7.30. The van der Waals surface area contributed by atoms with Crippen molar-refractivity contribution in [2.24, 2.45) is 0 Å². The number of nitrogens with zero attached hydrogens (tertiary/aromatic N) is 5. The van der Waals surface area contributed by atoms with Gasteiger partial charge in [0, 0.05) is 5.92 Å². The van der Waals surface area contributed by atoms with Gasteiger partial charge in [0.05, 0.1) is 5.69 Å². The number of hydrogen-bond donors (Lipinski definition) is 2. The van der Waals surface area contributed by atoms with Crippen molar-refractivity contribution in [1.82, 2.24) is 29.9 Å². The molecule has 2 N–H and O–H groups in total. The normalized spacial score (nSPS) is 10.8. The Labute approximate surface area is 138 Å². The van der Waals surface area contributed by atoms with Crippen LogP contribution in [0.2, 0.25) is 0 Å². The molecule has 24 heavy (non-hydrogen) atoms. The van der Waals surface area contributed by atoms with E-state index in [9.17, 15) is 4.79 Å². The molecule has 0 fully saturated rings. The minimum absolute atomic E-state index is 0.162. The Morgan fingerprint density at radius 1 is 1.29 bits per heavy atom. The fourth-order valence-electron chi connectivity index (χ4n) is 2.01. The largest absolute Gasteiger partial charge is 0.482 e. The minimum Gasteiger partial charge on any atom is -0.482 e. The summed E-state index contributed by atoms with van der Waals surface area (Å²) in [7, 11) is 0. The molecular weight excluding hydrogens is 310 g/mol. The molecule has 0 saturated carbocycles. The maximum absolute atomic E-state index is 12.0. The smallest absolute Gasteiger partial charge is 0.264 e. The highest BCUT2D eigenvalue weighted by Crippen LogP contribution is 2.21. The van der Waals surface area contributed by atoms with Crippen LogP contribution in [-0.4, -0.2) is 42.5 Å². The zero-order chi connectivity index (χ0) is 16.9. The summed E-state index contributed by atoms with van der Waals surface area (Å²) in [6, 6.07) is 7.31. The summed E-state index contributed by atoms with van der Waals surface area (Å²) in [6.07, 6.45) is 3.12. The second kappa shape index (κ2) is 6.90. The van der Waals surface area contributed by atoms with Gasteiger partial charge >= 0.3 is 0 Å². The van der Waals surface area contributed by atoms with Crippen LogP contribution in [-0.2, 0) is 4.79 Å². The third kappa shape index (κ3) is 3.57. The number of aromatic nitrogens is 6. The van der Waals surface area contributed by atoms with Crippen LogP contribution in [0.1, 0.15) is 25.6 Å². The number of nitrogens with one attached hydrogen (secondary N) is 2. The van der Waals surface area contributed by atoms with Crippen LogP contribution in [0.4, 0.5) is 5.95 Å². The Morgan fingerprint density at radius 3 is 2.75 bits per heavy atom. The van der Waals surface area contributed by atoms with E-state index in [0.717, 1.165) is 5.69 Å². The number of rotatable bonds is 6. The van der Waals surface area contributed by atoms with E-state index in [-0.39, 0.29) is 24.4 Å². The van der Waals surface area contributed by atoms with Crippen molar-refractivity contribution in [3.8, 4) is 11.4 Å². The van der Waals surface area contributed by atoms with E-state index in [1.54, 1.807) is 23.3 Å². The number of ether oxygens (including phenoxy) is 1. The third-order valence-electron chi connectivity index (χ3n) is 3.22. The number of amides is 1. The summed E-state index contributed by atoms with van der Waals surface area (Å²) in [5.41, 5.74) is 0.746. The maximum Gasteiger partial charge on any atom is 0.264 e. The standard InChI is InChI=1S/C15H17N7O2/c1-10(2)14-19-15(21-20-14)18-13(23)7-24-12-6-4-3-5-11(12)22-8-16-17-9-22/h3-6,8-10H,7H2,1-2H3,(H2,18,19,20,21,23). The van der Waals surface area contributed by atoms with E-state index < -0.39 is 0 Å². The molecule has 0 radical (unpaired) electrons. The van der Waals surface area contributed by atoms with Crippen LogP contribution in [0.15, 0.2) is 36.9 Å². The predicted octanol–water partition coefficient (Wildman–Crippen LogP) is 1.53. The van der Waals surface area contributed by atoms with Gasteiger partial charge in [-0.3, -0.25) is 19.8 Å². The molecule has 1 aromatic carbocycles. The van der Waals surface area contributed by atoms with Gasteiger partial charge < -0.3 is 4.74 Å². The molecular formula is C15H17N7O2. The Bertz CT molecular complexity index is 811. The quantitative estimate of drug-likeness (QED) is 0.710. The number of aromatic amines is 1. The van der Waals surface area contributed by atoms with Crippen molar-refractivity contribution in [1.29, 1.82) is 0 Å². The summed E-state index contributed by atoms with van der Waals surface area (Å²) in [4.78, 5) is 16.2. The van der Waals surface area contributed by atoms with Crippen LogP contribution in [0.5, 0.6) is 5.75 Å². The highest BCUT2D eigenvalue weighted by Gasteiger charge is 2.12. The van der Waals surface area contributed by atoms with Gasteiger partial charge in [-0.25, -0.2) is 0 Å². The zero-order valence-corrected chi connectivity index (χ0v) is 13.3. The second-order valence-electron chi connectivity index (χ2n) is 5.37. The lowest BCUT2D eigenvalue weighted by molar-refractivity contribution is -0.118. The molecule has 9 nitrogen and oxygen atoms in total. The fraction of sp³-hybridized carbons (Fsp3) is 0.267. The first-order valence-electron chi connectivity index (χ1n) is 7.42. The molecule has 3 rings (SSSR count). The van der Waals surface area contributed by atoms with Gasteiger partial charge in [-0.2, -0.15) is 4.98 Å². The molecule has 124 valence electrons. The van der Waals surface area contributed by atoms with Crippen LogP contribution in [0.3, 0.4) is 0 Å². The van der Waals surface area contributed by atoms with E-state index in [4.69, 9.17) is 4.74 Å². The topological polar surface area (TPSA) is 111 Å². The number of H-pyrrole nitrogens is 1. The van der Waals surface area contributed by atoms with E-state index in [2.05, 4.69) is 30.7 Å². The van der Waals surface area contributed by atoms with E-state index in [1.165, 1.54) is 0 Å². The van der Waals surface area contributed by atoms with Crippen LogP contribution < -0.4 is 10.1 Å². The maximum atomic E-state index is 12.0. The van der Waals surface area contributed by atoms with E-state index in [1.807, 2.05) is 32.0 Å². The highest BCUT2D eigenvalue weighted by molar-refractivity contribution is 5.90. The van der Waals surface area contributed by atoms with Crippen molar-refractivity contribution >= 4 is 11.9 Å². The van der Waals surface area contributed by atoms with Crippen LogP contribution in [0.25, 0.3) is 5.69 Å². The number of hydrogen-bond acceptors (Lipinski definition) is 6. The number of carbonyl (C=O) groups is 1. The third-order valence-corrected chi connectivity index (χ3v) is 3.22. The first kappa shape index (κ1) is 15.7. The molecule has 0 atom stereocenters. The molecule has 2 heterocycles. The van der Waals surface area contributed by atoms with Crippen LogP contribution in [0, 0.1) is 0 Å². The van der Waals surface area contributed by atoms with Gasteiger partial charge in [0.25, 0.3) is 5.91 Å². The second-order valence-corrected chi connectivity index (χ2v) is 5.37. The van der Waals surface area contributed by atoms with Gasteiger partial charge in [0.15, 0.2) is 6.61 Å². The Hall–Kier alpha value is -3.23. The monoisotopic (exact) mass is 327 g/mol. The Kier molecular flexibility index (Phi) is 4.50. The van der Waals surface area contributed by atoms with Crippen LogP contribution >= 0.6 is 0 Å². The average Bonchev–Trinajstić information content (AvgIpc) is 3.25. The summed E-state index contributed by atoms with van der Waals surface area (Å²) >= 11 is 0. The fourth-order valence-corrected chi connectivity index (χ4v) is 2.01. The van der Waals surface area contributed by atoms with Gasteiger partial charge in [-0.15, -0.1) is 15.3 Å². The number of carbonyl (C=O) groups excluding carboxylic acids is 1. The molecule has 3 aromatic rings. The molecule has 0 aliphatic heterocycles. The summed E-state index contributed by atoms with van der Waals surface area (Å²) in [6.45, 7) is 3.80. The van der Waals surface area contributed by atoms with Gasteiger partial charge in [-0.1, -0.05) is 26.0 Å². The predicted molar refractivity (Wildman–Crippen MR) is 86.0 cm³/mol. The highest BCUT2D eigenvalue weighted by atomic mass is 16.5. The summed E-state index contributed by atoms with van der Waals surface area (Å²) in [5, 5.41) is 16.8. The number of benzene rings is 1. The van der Waals surface area contributed by atoms with Crippen molar-refractivity contribution in [3.63, 3.8) is 0 Å². The molecule has 0 spiro atoms. The first-order valence-corrected chi connectivity index (χ1v) is 7.42. The first-order chi connectivity index (χ1) is 11.6. The molecule has 9 heteroatoms. The zero-order valence-electron chi connectivity index (χ0n) is 13.3. The molecule has 0 saturated heterocycles. The molecule has 1 amide bonds. The van der Waals surface area contributed by atoms with Crippen molar-refractivity contribution in [3.05, 3.63) is 42.7 Å². The minimum atomic E-state index is -0.345. The van der Waals surface area contributed by atoms with Gasteiger partial charge in [0.2, 0.25) is 5.95 Å². The molecule has 0 bridgehead atoms. The Morgan fingerprint density at radius 2 is 2.04 bits per heavy atom. The SMILES string of the molecule is CC(C)c1nc(NC(=O)COc2ccccc2-n2cnnc2)n[nH]1. The number of para-hydroxylation sites is 2. The molecule has 2 aromatic heterocycles. The lowest BCUT2D eigenvalue weighted by atomic mass is 10.2. The van der Waals surface area contributed by atoms with E-state index in [0.29, 0.717) is 11.6 Å². The Balaban J connectivity index is 1.62. The summed E-state index contributed by atoms with van der Waals surface area (Å²) in [5.74, 6) is 1.35. The molecule has 0 aliphatic rings. The van der Waals surface area contributed by atoms with Crippen molar-refractivity contribution < 1.29 is 9.53 Å². The van der Waals surface area contributed by atoms with Crippen molar-refractivity contribution in [2.75, 3.05) is 11.9 Å². The van der Waals surface area contributed by atoms with Gasteiger partial charge in [-0.05, 0) is 12.1 Å². The van der Waals surface area contributed by atoms with Gasteiger partial charge in [0.1, 0.15) is 24.2 Å². The average molecular weight is 327 g/mol. The number of anilines is 1. The molecule has 0 unspecified atom stereocenters. The van der Waals surface area contributed by atoms with E-state index >= 15 is 0 Å². The lowest BCUT2D eigenvalue weighted by Crippen LogP contribution is -2.21. The molecule has 0 aliphatic carbocycles. The lowest BCUT2D eigenvalue weighted by Gasteiger charge is -2.10. The van der Waals surface area contributed by atoms with Crippen molar-refractivity contribution in [2.45, 2.75) is 19.8 Å².